The molecule has 5 nitrogen and oxygen atoms in total. The van der Waals surface area contributed by atoms with E-state index in [4.69, 9.17) is 4.74 Å². The van der Waals surface area contributed by atoms with Crippen LogP contribution in [0.1, 0.15) is 0 Å². The minimum Gasteiger partial charge on any atom is -0.494 e. The van der Waals surface area contributed by atoms with Crippen molar-refractivity contribution in [2.24, 2.45) is 0 Å². The van der Waals surface area contributed by atoms with Crippen LogP contribution >= 0.6 is 0 Å². The van der Waals surface area contributed by atoms with Gasteiger partial charge in [0.25, 0.3) is 0 Å². The Bertz CT molecular complexity index is 476. The van der Waals surface area contributed by atoms with Gasteiger partial charge in [0, 0.05) is 12.6 Å². The van der Waals surface area contributed by atoms with E-state index in [-0.39, 0.29) is 17.2 Å². The maximum absolute atomic E-state index is 13.3. The van der Waals surface area contributed by atoms with Crippen LogP contribution in [0.15, 0.2) is 18.2 Å². The van der Waals surface area contributed by atoms with Crippen molar-refractivity contribution >= 4 is 15.7 Å². The molecule has 17 heavy (non-hydrogen) atoms. The minimum atomic E-state index is -3.45. The number of benzene rings is 1. The van der Waals surface area contributed by atoms with E-state index >= 15 is 0 Å². The molecule has 1 aromatic rings. The van der Waals surface area contributed by atoms with Crippen LogP contribution in [0.5, 0.6) is 5.75 Å². The molecule has 0 saturated heterocycles. The molecule has 0 radical (unpaired) electrons. The number of sulfonamides is 1. The van der Waals surface area contributed by atoms with E-state index in [0.717, 1.165) is 6.07 Å². The van der Waals surface area contributed by atoms with Gasteiger partial charge in [0.15, 0.2) is 11.6 Å². The van der Waals surface area contributed by atoms with Gasteiger partial charge in [-0.25, -0.2) is 12.8 Å². The smallest absolute Gasteiger partial charge is 0.233 e. The molecule has 96 valence electrons. The van der Waals surface area contributed by atoms with Crippen LogP contribution in [0.25, 0.3) is 0 Å². The lowest BCUT2D eigenvalue weighted by atomic mass is 10.3. The molecule has 0 atom stereocenters. The van der Waals surface area contributed by atoms with E-state index in [1.807, 2.05) is 0 Å². The van der Waals surface area contributed by atoms with E-state index in [1.165, 1.54) is 19.2 Å². The fourth-order valence-electron chi connectivity index (χ4n) is 1.20. The highest BCUT2D eigenvalue weighted by Gasteiger charge is 2.11. The van der Waals surface area contributed by atoms with Crippen LogP contribution in [0.4, 0.5) is 10.1 Å². The van der Waals surface area contributed by atoms with Crippen LogP contribution in [-0.2, 0) is 10.0 Å². The van der Waals surface area contributed by atoms with Gasteiger partial charge in [-0.05, 0) is 19.2 Å². The van der Waals surface area contributed by atoms with Gasteiger partial charge in [-0.2, -0.15) is 0 Å². The number of anilines is 1. The topological polar surface area (TPSA) is 67.4 Å². The number of halogens is 1. The number of hydrogen-bond acceptors (Lipinski definition) is 4. The normalized spacial score (nSPS) is 11.2. The van der Waals surface area contributed by atoms with Crippen LogP contribution in [0, 0.1) is 5.82 Å². The standard InChI is InChI=1S/C10H15FN2O3S/c1-12-5-6-17(14,15)13-8-3-4-10(16-2)9(11)7-8/h3-4,7,12-13H,5-6H2,1-2H3. The van der Waals surface area contributed by atoms with Crippen molar-refractivity contribution in [1.82, 2.24) is 5.32 Å². The Morgan fingerprint density at radius 2 is 2.12 bits per heavy atom. The van der Waals surface area contributed by atoms with Crippen molar-refractivity contribution in [3.8, 4) is 5.75 Å². The lowest BCUT2D eigenvalue weighted by molar-refractivity contribution is 0.386. The summed E-state index contributed by atoms with van der Waals surface area (Å²) in [6.45, 7) is 0.327. The average Bonchev–Trinajstić information content (AvgIpc) is 2.26. The highest BCUT2D eigenvalue weighted by atomic mass is 32.2. The number of rotatable bonds is 6. The maximum atomic E-state index is 13.3. The fourth-order valence-corrected chi connectivity index (χ4v) is 2.26. The van der Waals surface area contributed by atoms with Crippen molar-refractivity contribution in [3.05, 3.63) is 24.0 Å². The molecular weight excluding hydrogens is 247 g/mol. The highest BCUT2D eigenvalue weighted by Crippen LogP contribution is 2.21. The third-order valence-corrected chi connectivity index (χ3v) is 3.33. The summed E-state index contributed by atoms with van der Waals surface area (Å²) in [6, 6.07) is 3.89. The Morgan fingerprint density at radius 3 is 2.65 bits per heavy atom. The van der Waals surface area contributed by atoms with E-state index < -0.39 is 15.8 Å². The summed E-state index contributed by atoms with van der Waals surface area (Å²) in [5.41, 5.74) is 0.180. The zero-order valence-electron chi connectivity index (χ0n) is 9.66. The van der Waals surface area contributed by atoms with Crippen molar-refractivity contribution in [3.63, 3.8) is 0 Å². The number of ether oxygens (including phenoxy) is 1. The van der Waals surface area contributed by atoms with Gasteiger partial charge in [-0.3, -0.25) is 4.72 Å². The van der Waals surface area contributed by atoms with Gasteiger partial charge in [0.1, 0.15) is 0 Å². The molecule has 0 aliphatic carbocycles. The Hall–Kier alpha value is -1.34. The van der Waals surface area contributed by atoms with Crippen LogP contribution in [0.3, 0.4) is 0 Å². The first-order chi connectivity index (χ1) is 7.98. The molecule has 1 rings (SSSR count). The summed E-state index contributed by atoms with van der Waals surface area (Å²) >= 11 is 0. The first-order valence-corrected chi connectivity index (χ1v) is 6.62. The molecule has 0 heterocycles. The number of nitrogens with one attached hydrogen (secondary N) is 2. The molecule has 0 aliphatic rings. The first kappa shape index (κ1) is 13.7. The van der Waals surface area contributed by atoms with Crippen LogP contribution in [-0.4, -0.2) is 34.9 Å². The molecule has 0 aliphatic heterocycles. The Balaban J connectivity index is 2.78. The molecule has 1 aromatic carbocycles. The fraction of sp³-hybridized carbons (Fsp3) is 0.400. The van der Waals surface area contributed by atoms with Gasteiger partial charge in [-0.1, -0.05) is 0 Å². The summed E-state index contributed by atoms with van der Waals surface area (Å²) in [7, 11) is -0.455. The van der Waals surface area contributed by atoms with Crippen molar-refractivity contribution < 1.29 is 17.5 Å². The van der Waals surface area contributed by atoms with E-state index in [1.54, 1.807) is 7.05 Å². The zero-order chi connectivity index (χ0) is 12.9. The second-order valence-electron chi connectivity index (χ2n) is 3.37. The van der Waals surface area contributed by atoms with Crippen molar-refractivity contribution in [2.45, 2.75) is 0 Å². The summed E-state index contributed by atoms with van der Waals surface area (Å²) in [5, 5.41) is 2.73. The number of hydrogen-bond donors (Lipinski definition) is 2. The first-order valence-electron chi connectivity index (χ1n) is 4.97. The molecule has 0 saturated carbocycles. The molecule has 0 fully saturated rings. The predicted octanol–water partition coefficient (Wildman–Crippen LogP) is 0.795. The van der Waals surface area contributed by atoms with E-state index in [2.05, 4.69) is 10.0 Å². The van der Waals surface area contributed by atoms with Gasteiger partial charge >= 0.3 is 0 Å². The van der Waals surface area contributed by atoms with Gasteiger partial charge in [-0.15, -0.1) is 0 Å². The number of methoxy groups -OCH3 is 1. The molecule has 2 N–H and O–H groups in total. The third-order valence-electron chi connectivity index (χ3n) is 2.05. The molecule has 0 bridgehead atoms. The molecule has 0 unspecified atom stereocenters. The van der Waals surface area contributed by atoms with E-state index in [0.29, 0.717) is 6.54 Å². The highest BCUT2D eigenvalue weighted by molar-refractivity contribution is 7.92. The lowest BCUT2D eigenvalue weighted by Crippen LogP contribution is -2.24. The molecular formula is C10H15FN2O3S. The van der Waals surface area contributed by atoms with Gasteiger partial charge in [0.05, 0.1) is 18.6 Å². The van der Waals surface area contributed by atoms with Gasteiger partial charge < -0.3 is 10.1 Å². The van der Waals surface area contributed by atoms with E-state index in [9.17, 15) is 12.8 Å². The quantitative estimate of drug-likeness (QED) is 0.795. The molecule has 0 aromatic heterocycles. The predicted molar refractivity (Wildman–Crippen MR) is 64.3 cm³/mol. The largest absolute Gasteiger partial charge is 0.494 e. The monoisotopic (exact) mass is 262 g/mol. The third kappa shape index (κ3) is 4.20. The van der Waals surface area contributed by atoms with Crippen LogP contribution in [0.2, 0.25) is 0 Å². The molecule has 0 spiro atoms. The summed E-state index contributed by atoms with van der Waals surface area (Å²) in [4.78, 5) is 0. The minimum absolute atomic E-state index is 0.0723. The SMILES string of the molecule is CNCCS(=O)(=O)Nc1ccc(OC)c(F)c1. The summed E-state index contributed by atoms with van der Waals surface area (Å²) in [6.07, 6.45) is 0. The second-order valence-corrected chi connectivity index (χ2v) is 5.22. The van der Waals surface area contributed by atoms with Gasteiger partial charge in [0.2, 0.25) is 10.0 Å². The second kappa shape index (κ2) is 5.83. The maximum Gasteiger partial charge on any atom is 0.233 e. The molecule has 0 amide bonds. The Morgan fingerprint density at radius 1 is 1.41 bits per heavy atom. The lowest BCUT2D eigenvalue weighted by Gasteiger charge is -2.09. The summed E-state index contributed by atoms with van der Waals surface area (Å²) < 4.78 is 43.4. The zero-order valence-corrected chi connectivity index (χ0v) is 10.5. The summed E-state index contributed by atoms with van der Waals surface area (Å²) in [5.74, 6) is -0.610. The average molecular weight is 262 g/mol. The van der Waals surface area contributed by atoms with Crippen molar-refractivity contribution in [1.29, 1.82) is 0 Å². The van der Waals surface area contributed by atoms with Crippen LogP contribution < -0.4 is 14.8 Å². The Kier molecular flexibility index (Phi) is 4.71. The Labute approximate surface area is 100 Å². The molecule has 7 heteroatoms. The van der Waals surface area contributed by atoms with Crippen molar-refractivity contribution in [2.75, 3.05) is 31.2 Å².